The van der Waals surface area contributed by atoms with E-state index in [1.807, 2.05) is 0 Å². The highest BCUT2D eigenvalue weighted by atomic mass is 15.0. The number of nitrogens with two attached hydrogens (primary N) is 1. The summed E-state index contributed by atoms with van der Waals surface area (Å²) in [7, 11) is 0. The molecule has 3 N–H and O–H groups in total. The van der Waals surface area contributed by atoms with E-state index < -0.39 is 0 Å². The molecule has 2 unspecified atom stereocenters. The first kappa shape index (κ1) is 13.4. The van der Waals surface area contributed by atoms with E-state index in [2.05, 4.69) is 26.1 Å². The Morgan fingerprint density at radius 3 is 2.47 bits per heavy atom. The van der Waals surface area contributed by atoms with Gasteiger partial charge >= 0.3 is 0 Å². The molecule has 2 fully saturated rings. The maximum absolute atomic E-state index is 6.09. The molecule has 2 saturated carbocycles. The number of hydrogen-bond donors (Lipinski definition) is 2. The van der Waals surface area contributed by atoms with Gasteiger partial charge in [0.25, 0.3) is 0 Å². The highest BCUT2D eigenvalue weighted by Gasteiger charge is 2.41. The van der Waals surface area contributed by atoms with Crippen LogP contribution in [0.25, 0.3) is 0 Å². The van der Waals surface area contributed by atoms with E-state index in [0.29, 0.717) is 5.41 Å². The average molecular weight is 238 g/mol. The van der Waals surface area contributed by atoms with Crippen molar-refractivity contribution in [3.63, 3.8) is 0 Å². The number of hydrogen-bond acceptors (Lipinski definition) is 2. The largest absolute Gasteiger partial charge is 0.329 e. The molecule has 0 spiro atoms. The molecule has 0 saturated heterocycles. The van der Waals surface area contributed by atoms with Crippen LogP contribution in [0.15, 0.2) is 0 Å². The second-order valence-corrected chi connectivity index (χ2v) is 7.50. The van der Waals surface area contributed by atoms with Crippen LogP contribution in [0.2, 0.25) is 0 Å². The van der Waals surface area contributed by atoms with Crippen LogP contribution in [0, 0.1) is 17.3 Å². The minimum atomic E-state index is 0.218. The van der Waals surface area contributed by atoms with Crippen LogP contribution in [-0.4, -0.2) is 18.6 Å². The molecule has 2 aliphatic carbocycles. The first-order valence-corrected chi connectivity index (χ1v) is 7.40. The van der Waals surface area contributed by atoms with Crippen molar-refractivity contribution >= 4 is 0 Å². The fraction of sp³-hybridized carbons (Fsp3) is 1.00. The predicted octanol–water partition coefficient (Wildman–Crippen LogP) is 2.92. The Morgan fingerprint density at radius 1 is 1.24 bits per heavy atom. The van der Waals surface area contributed by atoms with Gasteiger partial charge in [-0.25, -0.2) is 0 Å². The molecular weight excluding hydrogens is 208 g/mol. The Kier molecular flexibility index (Phi) is 3.84. The predicted molar refractivity (Wildman–Crippen MR) is 73.9 cm³/mol. The van der Waals surface area contributed by atoms with Crippen LogP contribution in [-0.2, 0) is 0 Å². The molecule has 2 rings (SSSR count). The van der Waals surface area contributed by atoms with Gasteiger partial charge in [0, 0.05) is 12.1 Å². The van der Waals surface area contributed by atoms with Crippen molar-refractivity contribution < 1.29 is 0 Å². The van der Waals surface area contributed by atoms with Crippen LogP contribution in [0.1, 0.15) is 59.3 Å². The van der Waals surface area contributed by atoms with Gasteiger partial charge in [-0.1, -0.05) is 33.6 Å². The van der Waals surface area contributed by atoms with Crippen molar-refractivity contribution in [2.45, 2.75) is 64.8 Å². The molecule has 0 aromatic carbocycles. The molecule has 2 aliphatic rings. The molecule has 2 nitrogen and oxygen atoms in total. The van der Waals surface area contributed by atoms with Gasteiger partial charge in [0.05, 0.1) is 0 Å². The third kappa shape index (κ3) is 3.69. The highest BCUT2D eigenvalue weighted by molar-refractivity contribution is 4.99. The molecule has 2 atom stereocenters. The summed E-state index contributed by atoms with van der Waals surface area (Å²) in [6, 6.07) is 0. The Hall–Kier alpha value is -0.0800. The zero-order valence-corrected chi connectivity index (χ0v) is 11.9. The van der Waals surface area contributed by atoms with Crippen molar-refractivity contribution in [2.75, 3.05) is 13.1 Å². The van der Waals surface area contributed by atoms with Crippen LogP contribution in [0.4, 0.5) is 0 Å². The maximum Gasteiger partial charge on any atom is 0.0311 e. The average Bonchev–Trinajstić information content (AvgIpc) is 2.98. The van der Waals surface area contributed by atoms with Gasteiger partial charge in [-0.15, -0.1) is 0 Å². The van der Waals surface area contributed by atoms with Gasteiger partial charge in [0.1, 0.15) is 0 Å². The first-order chi connectivity index (χ1) is 7.95. The minimum Gasteiger partial charge on any atom is -0.329 e. The normalized spacial score (nSPS) is 37.1. The highest BCUT2D eigenvalue weighted by Crippen LogP contribution is 2.43. The van der Waals surface area contributed by atoms with Crippen molar-refractivity contribution in [3.8, 4) is 0 Å². The second kappa shape index (κ2) is 4.89. The standard InChI is InChI=1S/C15H30N2/c1-12-8-14(2,3)10-15(9-12,11-16)17-7-6-13-4-5-13/h12-13,17H,4-11,16H2,1-3H3. The fourth-order valence-electron chi connectivity index (χ4n) is 4.05. The zero-order chi connectivity index (χ0) is 12.5. The van der Waals surface area contributed by atoms with Gasteiger partial charge in [0.2, 0.25) is 0 Å². The van der Waals surface area contributed by atoms with Crippen LogP contribution >= 0.6 is 0 Å². The minimum absolute atomic E-state index is 0.218. The summed E-state index contributed by atoms with van der Waals surface area (Å²) in [4.78, 5) is 0. The van der Waals surface area contributed by atoms with E-state index in [1.54, 1.807) is 0 Å². The lowest BCUT2D eigenvalue weighted by atomic mass is 9.64. The zero-order valence-electron chi connectivity index (χ0n) is 11.9. The quantitative estimate of drug-likeness (QED) is 0.773. The summed E-state index contributed by atoms with van der Waals surface area (Å²) < 4.78 is 0. The molecule has 0 aliphatic heterocycles. The summed E-state index contributed by atoms with van der Waals surface area (Å²) in [6.45, 7) is 9.15. The molecule has 0 aromatic rings. The van der Waals surface area contributed by atoms with Gasteiger partial charge in [-0.2, -0.15) is 0 Å². The fourth-order valence-corrected chi connectivity index (χ4v) is 4.05. The van der Waals surface area contributed by atoms with Crippen molar-refractivity contribution in [1.82, 2.24) is 5.32 Å². The molecule has 0 radical (unpaired) electrons. The Balaban J connectivity index is 1.90. The van der Waals surface area contributed by atoms with Crippen LogP contribution in [0.5, 0.6) is 0 Å². The van der Waals surface area contributed by atoms with E-state index >= 15 is 0 Å². The van der Waals surface area contributed by atoms with E-state index in [9.17, 15) is 0 Å². The van der Waals surface area contributed by atoms with Gasteiger partial charge in [-0.3, -0.25) is 0 Å². The maximum atomic E-state index is 6.09. The van der Waals surface area contributed by atoms with Crippen molar-refractivity contribution in [1.29, 1.82) is 0 Å². The van der Waals surface area contributed by atoms with Gasteiger partial charge in [-0.05, 0) is 49.5 Å². The SMILES string of the molecule is CC1CC(C)(C)CC(CN)(NCCC2CC2)C1. The Bertz CT molecular complexity index is 258. The number of nitrogens with one attached hydrogen (secondary N) is 1. The Labute approximate surface area is 107 Å². The van der Waals surface area contributed by atoms with Gasteiger partial charge < -0.3 is 11.1 Å². The lowest BCUT2D eigenvalue weighted by molar-refractivity contribution is 0.0859. The molecular formula is C15H30N2. The van der Waals surface area contributed by atoms with E-state index in [4.69, 9.17) is 5.73 Å². The molecule has 2 heteroatoms. The summed E-state index contributed by atoms with van der Waals surface area (Å²) >= 11 is 0. The van der Waals surface area contributed by atoms with Crippen molar-refractivity contribution in [3.05, 3.63) is 0 Å². The topological polar surface area (TPSA) is 38.0 Å². The molecule has 0 amide bonds. The molecule has 0 bridgehead atoms. The monoisotopic (exact) mass is 238 g/mol. The molecule has 100 valence electrons. The summed E-state index contributed by atoms with van der Waals surface area (Å²) in [5.41, 5.74) is 6.76. The second-order valence-electron chi connectivity index (χ2n) is 7.50. The van der Waals surface area contributed by atoms with E-state index in [0.717, 1.165) is 18.4 Å². The van der Waals surface area contributed by atoms with Crippen molar-refractivity contribution in [2.24, 2.45) is 23.0 Å². The lowest BCUT2D eigenvalue weighted by Gasteiger charge is -2.48. The first-order valence-electron chi connectivity index (χ1n) is 7.40. The third-order valence-corrected chi connectivity index (χ3v) is 4.60. The lowest BCUT2D eigenvalue weighted by Crippen LogP contribution is -2.57. The number of rotatable bonds is 5. The van der Waals surface area contributed by atoms with Crippen LogP contribution in [0.3, 0.4) is 0 Å². The van der Waals surface area contributed by atoms with E-state index in [1.165, 1.54) is 45.1 Å². The Morgan fingerprint density at radius 2 is 1.94 bits per heavy atom. The summed E-state index contributed by atoms with van der Waals surface area (Å²) in [5, 5.41) is 3.82. The van der Waals surface area contributed by atoms with Crippen LogP contribution < -0.4 is 11.1 Å². The van der Waals surface area contributed by atoms with Gasteiger partial charge in [0.15, 0.2) is 0 Å². The third-order valence-electron chi connectivity index (χ3n) is 4.60. The summed E-state index contributed by atoms with van der Waals surface area (Å²) in [6.07, 6.45) is 8.12. The summed E-state index contributed by atoms with van der Waals surface area (Å²) in [5.74, 6) is 1.82. The molecule has 0 aromatic heterocycles. The molecule has 17 heavy (non-hydrogen) atoms. The smallest absolute Gasteiger partial charge is 0.0311 e. The van der Waals surface area contributed by atoms with E-state index in [-0.39, 0.29) is 5.54 Å². The molecule has 0 heterocycles.